The fraction of sp³-hybridized carbons (Fsp3) is 0.222. The third-order valence-electron chi connectivity index (χ3n) is 6.39. The van der Waals surface area contributed by atoms with Crippen LogP contribution in [0.4, 0.5) is 5.69 Å². The number of aromatic nitrogens is 1. The van der Waals surface area contributed by atoms with E-state index in [-0.39, 0.29) is 17.4 Å². The average molecular weight is 477 g/mol. The van der Waals surface area contributed by atoms with Gasteiger partial charge >= 0.3 is 0 Å². The van der Waals surface area contributed by atoms with Gasteiger partial charge < -0.3 is 24.8 Å². The number of para-hydroxylation sites is 1. The number of anilines is 1. The van der Waals surface area contributed by atoms with Gasteiger partial charge in [0.2, 0.25) is 0 Å². The highest BCUT2D eigenvalue weighted by Gasteiger charge is 2.20. The molecule has 1 saturated heterocycles. The number of nitrogens with zero attached hydrogens (tertiary/aromatic N) is 1. The summed E-state index contributed by atoms with van der Waals surface area (Å²) in [5.74, 6) is 0.371. The number of ether oxygens (including phenoxy) is 1. The lowest BCUT2D eigenvalue weighted by atomic mass is 9.98. The van der Waals surface area contributed by atoms with Gasteiger partial charge in [-0.2, -0.15) is 0 Å². The molecule has 5 rings (SSSR count). The Morgan fingerprint density at radius 3 is 2.59 bits per heavy atom. The van der Waals surface area contributed by atoms with Crippen molar-refractivity contribution in [1.29, 1.82) is 0 Å². The number of aromatic hydroxyl groups is 1. The molecule has 2 heterocycles. The number of hydrogen-bond acceptors (Lipinski definition) is 5. The van der Waals surface area contributed by atoms with Gasteiger partial charge in [0.05, 0.1) is 29.3 Å². The molecule has 1 aliphatic heterocycles. The number of H-pyrrole nitrogens is 1. The van der Waals surface area contributed by atoms with E-state index in [4.69, 9.17) is 16.3 Å². The molecule has 0 spiro atoms. The maximum Gasteiger partial charge on any atom is 0.260 e. The van der Waals surface area contributed by atoms with Crippen molar-refractivity contribution in [3.05, 3.63) is 76.0 Å². The highest BCUT2D eigenvalue weighted by Crippen LogP contribution is 2.40. The molecule has 0 bridgehead atoms. The second-order valence-corrected chi connectivity index (χ2v) is 8.95. The minimum absolute atomic E-state index is 0.125. The normalized spacial score (nSPS) is 16.1. The van der Waals surface area contributed by atoms with Crippen molar-refractivity contribution in [2.24, 2.45) is 0 Å². The van der Waals surface area contributed by atoms with Crippen LogP contribution in [0.15, 0.2) is 65.5 Å². The molecule has 0 radical (unpaired) electrons. The molecule has 1 aromatic heterocycles. The Balaban J connectivity index is 1.59. The first-order valence-corrected chi connectivity index (χ1v) is 11.6. The molecule has 7 heteroatoms. The number of benzene rings is 3. The van der Waals surface area contributed by atoms with Gasteiger partial charge in [0.25, 0.3) is 5.56 Å². The zero-order chi connectivity index (χ0) is 23.8. The van der Waals surface area contributed by atoms with Gasteiger partial charge in [-0.25, -0.2) is 0 Å². The number of nitrogens with one attached hydrogen (secondary N) is 1. The number of piperidine rings is 1. The summed E-state index contributed by atoms with van der Waals surface area (Å²) >= 11 is 6.59. The number of β-amino-alcohol motifs (C(OH)–C–C–N with tert-alkyl or cyclic N) is 1. The van der Waals surface area contributed by atoms with Crippen molar-refractivity contribution in [1.82, 2.24) is 4.98 Å². The van der Waals surface area contributed by atoms with Gasteiger partial charge in [0.1, 0.15) is 11.5 Å². The molecule has 34 heavy (non-hydrogen) atoms. The summed E-state index contributed by atoms with van der Waals surface area (Å²) in [5, 5.41) is 22.1. The van der Waals surface area contributed by atoms with E-state index in [2.05, 4.69) is 9.88 Å². The number of aromatic amines is 1. The van der Waals surface area contributed by atoms with Gasteiger partial charge in [0, 0.05) is 35.3 Å². The van der Waals surface area contributed by atoms with Crippen molar-refractivity contribution in [2.45, 2.75) is 18.9 Å². The van der Waals surface area contributed by atoms with Gasteiger partial charge in [-0.15, -0.1) is 0 Å². The van der Waals surface area contributed by atoms with Gasteiger partial charge in [-0.3, -0.25) is 4.79 Å². The van der Waals surface area contributed by atoms with Crippen LogP contribution in [0, 0.1) is 0 Å². The van der Waals surface area contributed by atoms with E-state index in [1.807, 2.05) is 24.3 Å². The molecule has 1 unspecified atom stereocenters. The molecule has 1 fully saturated rings. The Bertz CT molecular complexity index is 1420. The fourth-order valence-corrected chi connectivity index (χ4v) is 4.94. The smallest absolute Gasteiger partial charge is 0.260 e. The quantitative estimate of drug-likeness (QED) is 0.377. The minimum atomic E-state index is -0.425. The molecule has 0 amide bonds. The Morgan fingerprint density at radius 2 is 1.85 bits per heavy atom. The number of hydrogen-bond donors (Lipinski definition) is 3. The second kappa shape index (κ2) is 9.05. The SMILES string of the molecule is COc1ccccc1-c1c(O)c2cc(-c3ccc(N4CCCC(O)C4)cc3)c(Cl)cc2[nH]c1=O. The predicted octanol–water partition coefficient (Wildman–Crippen LogP) is 5.19. The first-order chi connectivity index (χ1) is 16.5. The summed E-state index contributed by atoms with van der Waals surface area (Å²) in [7, 11) is 1.53. The number of rotatable bonds is 4. The maximum atomic E-state index is 12.9. The Morgan fingerprint density at radius 1 is 1.09 bits per heavy atom. The summed E-state index contributed by atoms with van der Waals surface area (Å²) in [6, 6.07) is 18.5. The van der Waals surface area contributed by atoms with E-state index >= 15 is 0 Å². The van der Waals surface area contributed by atoms with Crippen LogP contribution in [0.1, 0.15) is 12.8 Å². The molecule has 174 valence electrons. The van der Waals surface area contributed by atoms with Gasteiger partial charge in [0.15, 0.2) is 0 Å². The highest BCUT2D eigenvalue weighted by molar-refractivity contribution is 6.34. The van der Waals surface area contributed by atoms with Crippen molar-refractivity contribution in [3.8, 4) is 33.8 Å². The lowest BCUT2D eigenvalue weighted by Crippen LogP contribution is -2.38. The van der Waals surface area contributed by atoms with Crippen LogP contribution in [0.25, 0.3) is 33.2 Å². The van der Waals surface area contributed by atoms with Crippen molar-refractivity contribution >= 4 is 28.2 Å². The molecular weight excluding hydrogens is 452 g/mol. The molecule has 0 saturated carbocycles. The lowest BCUT2D eigenvalue weighted by molar-refractivity contribution is 0.154. The van der Waals surface area contributed by atoms with E-state index in [0.717, 1.165) is 36.2 Å². The van der Waals surface area contributed by atoms with Crippen molar-refractivity contribution in [2.75, 3.05) is 25.1 Å². The van der Waals surface area contributed by atoms with Crippen molar-refractivity contribution < 1.29 is 14.9 Å². The molecule has 1 atom stereocenters. The molecule has 1 aliphatic rings. The highest BCUT2D eigenvalue weighted by atomic mass is 35.5. The Kier molecular flexibility index (Phi) is 5.94. The summed E-state index contributed by atoms with van der Waals surface area (Å²) in [6.07, 6.45) is 1.50. The average Bonchev–Trinajstić information content (AvgIpc) is 2.84. The zero-order valence-corrected chi connectivity index (χ0v) is 19.5. The molecular formula is C27H25ClN2O4. The van der Waals surface area contributed by atoms with Crippen LogP contribution in [0.2, 0.25) is 5.02 Å². The molecule has 6 nitrogen and oxygen atoms in total. The van der Waals surface area contributed by atoms with E-state index < -0.39 is 5.56 Å². The molecule has 3 N–H and O–H groups in total. The fourth-order valence-electron chi connectivity index (χ4n) is 4.66. The third-order valence-corrected chi connectivity index (χ3v) is 6.70. The van der Waals surface area contributed by atoms with Crippen LogP contribution in [0.3, 0.4) is 0 Å². The first kappa shape index (κ1) is 22.3. The number of pyridine rings is 1. The number of aliphatic hydroxyl groups excluding tert-OH is 1. The topological polar surface area (TPSA) is 85.8 Å². The maximum absolute atomic E-state index is 12.9. The number of aliphatic hydroxyl groups is 1. The van der Waals surface area contributed by atoms with E-state index in [0.29, 0.717) is 33.8 Å². The number of fused-ring (bicyclic) bond motifs is 1. The third kappa shape index (κ3) is 4.00. The van der Waals surface area contributed by atoms with Crippen LogP contribution in [0.5, 0.6) is 11.5 Å². The van der Waals surface area contributed by atoms with Crippen LogP contribution in [-0.4, -0.2) is 41.5 Å². The number of halogens is 1. The summed E-state index contributed by atoms with van der Waals surface area (Å²) in [4.78, 5) is 17.9. The van der Waals surface area contributed by atoms with Crippen LogP contribution in [-0.2, 0) is 0 Å². The summed E-state index contributed by atoms with van der Waals surface area (Å²) in [6.45, 7) is 1.54. The van der Waals surface area contributed by atoms with Crippen molar-refractivity contribution in [3.63, 3.8) is 0 Å². The summed E-state index contributed by atoms with van der Waals surface area (Å²) < 4.78 is 5.40. The molecule has 3 aromatic carbocycles. The minimum Gasteiger partial charge on any atom is -0.506 e. The van der Waals surface area contributed by atoms with Gasteiger partial charge in [-0.1, -0.05) is 41.9 Å². The van der Waals surface area contributed by atoms with Crippen LogP contribution >= 0.6 is 11.6 Å². The standard InChI is InChI=1S/C27H25ClN2O4/c1-34-24-7-3-2-6-19(24)25-26(32)21-13-20(22(28)14-23(21)29-27(25)33)16-8-10-17(11-9-16)30-12-4-5-18(31)15-30/h2-3,6-11,13-14,18,31H,4-5,12,15H2,1H3,(H2,29,32,33). The largest absolute Gasteiger partial charge is 0.506 e. The second-order valence-electron chi connectivity index (χ2n) is 8.54. The van der Waals surface area contributed by atoms with E-state index in [1.165, 1.54) is 7.11 Å². The van der Waals surface area contributed by atoms with E-state index in [9.17, 15) is 15.0 Å². The van der Waals surface area contributed by atoms with Crippen LogP contribution < -0.4 is 15.2 Å². The Hall–Kier alpha value is -3.48. The molecule has 4 aromatic rings. The first-order valence-electron chi connectivity index (χ1n) is 11.2. The summed E-state index contributed by atoms with van der Waals surface area (Å²) in [5.41, 5.74) is 3.36. The zero-order valence-electron chi connectivity index (χ0n) is 18.7. The molecule has 0 aliphatic carbocycles. The Labute approximate surface area is 202 Å². The number of methoxy groups -OCH3 is 1. The van der Waals surface area contributed by atoms with E-state index in [1.54, 1.807) is 36.4 Å². The predicted molar refractivity (Wildman–Crippen MR) is 136 cm³/mol. The lowest BCUT2D eigenvalue weighted by Gasteiger charge is -2.32. The monoisotopic (exact) mass is 476 g/mol. The van der Waals surface area contributed by atoms with Gasteiger partial charge in [-0.05, 0) is 48.7 Å².